The summed E-state index contributed by atoms with van der Waals surface area (Å²) >= 11 is 5.66. The molecule has 6 heteroatoms. The van der Waals surface area contributed by atoms with Crippen LogP contribution in [0.5, 0.6) is 11.5 Å². The van der Waals surface area contributed by atoms with Crippen molar-refractivity contribution in [2.24, 2.45) is 0 Å². The maximum Gasteiger partial charge on any atom is 0.251 e. The molecule has 0 radical (unpaired) electrons. The van der Waals surface area contributed by atoms with Gasteiger partial charge in [-0.05, 0) is 24.6 Å². The van der Waals surface area contributed by atoms with Crippen molar-refractivity contribution in [3.63, 3.8) is 0 Å². The van der Waals surface area contributed by atoms with Gasteiger partial charge in [-0.3, -0.25) is 4.79 Å². The highest BCUT2D eigenvalue weighted by Gasteiger charge is 2.14. The number of ether oxygens (including phenoxy) is 2. The molecule has 0 saturated carbocycles. The van der Waals surface area contributed by atoms with Crippen molar-refractivity contribution in [2.45, 2.75) is 12.5 Å². The lowest BCUT2D eigenvalue weighted by molar-refractivity contribution is 0.0894. The second-order valence-corrected chi connectivity index (χ2v) is 4.37. The largest absolute Gasteiger partial charge is 0.504 e. The van der Waals surface area contributed by atoms with Gasteiger partial charge in [0, 0.05) is 18.6 Å². The molecular formula is C13H18ClNO4. The lowest BCUT2D eigenvalue weighted by Crippen LogP contribution is -2.38. The Bertz CT molecular complexity index is 419. The first kappa shape index (κ1) is 15.6. The number of carbonyl (C=O) groups excluding carboxylic acids is 1. The van der Waals surface area contributed by atoms with Gasteiger partial charge in [0.2, 0.25) is 0 Å². The number of alkyl halides is 1. The molecule has 0 aliphatic heterocycles. The number of hydrogen-bond donors (Lipinski definition) is 2. The Kier molecular flexibility index (Phi) is 6.45. The summed E-state index contributed by atoms with van der Waals surface area (Å²) in [6, 6.07) is 4.33. The number of methoxy groups -OCH3 is 2. The Hall–Kier alpha value is -1.46. The smallest absolute Gasteiger partial charge is 0.251 e. The normalized spacial score (nSPS) is 11.9. The zero-order chi connectivity index (χ0) is 14.3. The van der Waals surface area contributed by atoms with Gasteiger partial charge in [0.25, 0.3) is 5.91 Å². The summed E-state index contributed by atoms with van der Waals surface area (Å²) in [6.07, 6.45) is 0.614. The van der Waals surface area contributed by atoms with Crippen LogP contribution in [0, 0.1) is 0 Å². The first-order valence-corrected chi connectivity index (χ1v) is 6.38. The number of benzene rings is 1. The molecule has 0 fully saturated rings. The maximum absolute atomic E-state index is 12.0. The van der Waals surface area contributed by atoms with Crippen molar-refractivity contribution in [2.75, 3.05) is 26.7 Å². The summed E-state index contributed by atoms with van der Waals surface area (Å²) in [6.45, 7) is 0.389. The van der Waals surface area contributed by atoms with Gasteiger partial charge in [-0.15, -0.1) is 11.6 Å². The number of amides is 1. The van der Waals surface area contributed by atoms with Gasteiger partial charge in [-0.1, -0.05) is 0 Å². The lowest BCUT2D eigenvalue weighted by atomic mass is 10.1. The lowest BCUT2D eigenvalue weighted by Gasteiger charge is -2.17. The van der Waals surface area contributed by atoms with Gasteiger partial charge in [0.15, 0.2) is 11.5 Å². The molecule has 1 aromatic rings. The number of aromatic hydroxyl groups is 1. The van der Waals surface area contributed by atoms with Crippen molar-refractivity contribution in [1.82, 2.24) is 5.32 Å². The van der Waals surface area contributed by atoms with E-state index >= 15 is 0 Å². The molecule has 0 aliphatic carbocycles. The second kappa shape index (κ2) is 7.86. The molecular weight excluding hydrogens is 270 g/mol. The Morgan fingerprint density at radius 1 is 1.47 bits per heavy atom. The van der Waals surface area contributed by atoms with Crippen LogP contribution in [0.1, 0.15) is 16.8 Å². The zero-order valence-electron chi connectivity index (χ0n) is 11.0. The summed E-state index contributed by atoms with van der Waals surface area (Å²) in [4.78, 5) is 12.0. The Balaban J connectivity index is 2.73. The number of phenols is 1. The molecule has 0 saturated heterocycles. The third-order valence-electron chi connectivity index (χ3n) is 2.60. The van der Waals surface area contributed by atoms with Crippen LogP contribution in [-0.2, 0) is 4.74 Å². The number of carbonyl (C=O) groups is 1. The minimum Gasteiger partial charge on any atom is -0.504 e. The number of phenolic OH excluding ortho intramolecular Hbond substituents is 1. The van der Waals surface area contributed by atoms with Crippen LogP contribution in [-0.4, -0.2) is 43.8 Å². The molecule has 2 N–H and O–H groups in total. The number of halogens is 1. The van der Waals surface area contributed by atoms with E-state index in [1.54, 1.807) is 13.2 Å². The van der Waals surface area contributed by atoms with E-state index in [4.69, 9.17) is 21.1 Å². The average Bonchev–Trinajstić information content (AvgIpc) is 2.39. The molecule has 1 amide bonds. The van der Waals surface area contributed by atoms with Crippen LogP contribution in [0.4, 0.5) is 0 Å². The molecule has 19 heavy (non-hydrogen) atoms. The monoisotopic (exact) mass is 287 g/mol. The summed E-state index contributed by atoms with van der Waals surface area (Å²) in [5, 5.41) is 12.4. The van der Waals surface area contributed by atoms with Gasteiger partial charge in [0.05, 0.1) is 19.8 Å². The standard InChI is InChI=1S/C13H18ClNO4/c1-18-8-10(5-6-14)15-13(17)9-3-4-12(19-2)11(16)7-9/h3-4,7,10,16H,5-6,8H2,1-2H3,(H,15,17). The fourth-order valence-electron chi connectivity index (χ4n) is 1.63. The molecule has 0 spiro atoms. The fourth-order valence-corrected chi connectivity index (χ4v) is 1.89. The molecule has 1 atom stereocenters. The summed E-state index contributed by atoms with van der Waals surface area (Å²) in [7, 11) is 3.01. The third kappa shape index (κ3) is 4.61. The highest BCUT2D eigenvalue weighted by molar-refractivity contribution is 6.17. The topological polar surface area (TPSA) is 67.8 Å². The van der Waals surface area contributed by atoms with Crippen LogP contribution in [0.25, 0.3) is 0 Å². The van der Waals surface area contributed by atoms with E-state index < -0.39 is 0 Å². The van der Waals surface area contributed by atoms with Gasteiger partial charge in [-0.2, -0.15) is 0 Å². The van der Waals surface area contributed by atoms with Crippen molar-refractivity contribution in [1.29, 1.82) is 0 Å². The Morgan fingerprint density at radius 2 is 2.21 bits per heavy atom. The minimum atomic E-state index is -0.287. The molecule has 1 rings (SSSR count). The predicted octanol–water partition coefficient (Wildman–Crippen LogP) is 1.77. The highest BCUT2D eigenvalue weighted by atomic mass is 35.5. The number of rotatable bonds is 7. The van der Waals surface area contributed by atoms with Crippen LogP contribution in [0.2, 0.25) is 0 Å². The van der Waals surface area contributed by atoms with Gasteiger partial charge in [-0.25, -0.2) is 0 Å². The van der Waals surface area contributed by atoms with Crippen molar-refractivity contribution >= 4 is 17.5 Å². The number of nitrogens with one attached hydrogen (secondary N) is 1. The molecule has 5 nitrogen and oxygen atoms in total. The van der Waals surface area contributed by atoms with E-state index in [-0.39, 0.29) is 17.7 Å². The third-order valence-corrected chi connectivity index (χ3v) is 2.82. The Morgan fingerprint density at radius 3 is 2.74 bits per heavy atom. The molecule has 0 bridgehead atoms. The summed E-state index contributed by atoms with van der Waals surface area (Å²) in [5.41, 5.74) is 0.356. The van der Waals surface area contributed by atoms with Gasteiger partial charge in [0.1, 0.15) is 0 Å². The highest BCUT2D eigenvalue weighted by Crippen LogP contribution is 2.26. The maximum atomic E-state index is 12.0. The van der Waals surface area contributed by atoms with Crippen LogP contribution >= 0.6 is 11.6 Å². The average molecular weight is 288 g/mol. The second-order valence-electron chi connectivity index (χ2n) is 3.99. The van der Waals surface area contributed by atoms with E-state index in [9.17, 15) is 9.90 Å². The first-order chi connectivity index (χ1) is 9.12. The zero-order valence-corrected chi connectivity index (χ0v) is 11.7. The van der Waals surface area contributed by atoms with E-state index in [0.29, 0.717) is 30.2 Å². The summed E-state index contributed by atoms with van der Waals surface area (Å²) in [5.74, 6) is 0.397. The van der Waals surface area contributed by atoms with E-state index in [0.717, 1.165) is 0 Å². The van der Waals surface area contributed by atoms with Crippen molar-refractivity contribution < 1.29 is 19.4 Å². The van der Waals surface area contributed by atoms with Crippen LogP contribution in [0.15, 0.2) is 18.2 Å². The van der Waals surface area contributed by atoms with Gasteiger partial charge >= 0.3 is 0 Å². The van der Waals surface area contributed by atoms with Crippen LogP contribution < -0.4 is 10.1 Å². The molecule has 0 aromatic heterocycles. The first-order valence-electron chi connectivity index (χ1n) is 5.85. The number of hydrogen-bond acceptors (Lipinski definition) is 4. The molecule has 1 aromatic carbocycles. The fraction of sp³-hybridized carbons (Fsp3) is 0.462. The Labute approximate surface area is 117 Å². The predicted molar refractivity (Wildman–Crippen MR) is 73.1 cm³/mol. The molecule has 0 heterocycles. The van der Waals surface area contributed by atoms with Gasteiger partial charge < -0.3 is 19.9 Å². The molecule has 1 unspecified atom stereocenters. The van der Waals surface area contributed by atoms with Crippen molar-refractivity contribution in [3.05, 3.63) is 23.8 Å². The van der Waals surface area contributed by atoms with E-state index in [1.807, 2.05) is 0 Å². The van der Waals surface area contributed by atoms with E-state index in [1.165, 1.54) is 19.2 Å². The SMILES string of the molecule is COCC(CCCl)NC(=O)c1ccc(OC)c(O)c1. The minimum absolute atomic E-state index is 0.0733. The summed E-state index contributed by atoms with van der Waals surface area (Å²) < 4.78 is 9.93. The quantitative estimate of drug-likeness (QED) is 0.750. The van der Waals surface area contributed by atoms with E-state index in [2.05, 4.69) is 5.32 Å². The molecule has 0 aliphatic rings. The van der Waals surface area contributed by atoms with Crippen molar-refractivity contribution in [3.8, 4) is 11.5 Å². The molecule has 106 valence electrons. The van der Waals surface area contributed by atoms with Crippen LogP contribution in [0.3, 0.4) is 0 Å².